The van der Waals surface area contributed by atoms with Gasteiger partial charge in [0.2, 0.25) is 11.8 Å². The molecule has 2 amide bonds. The maximum absolute atomic E-state index is 13.1. The van der Waals surface area contributed by atoms with Crippen molar-refractivity contribution in [1.82, 2.24) is 4.90 Å². The van der Waals surface area contributed by atoms with Gasteiger partial charge in [-0.15, -0.1) is 0 Å². The van der Waals surface area contributed by atoms with E-state index in [2.05, 4.69) is 32.0 Å². The number of rotatable bonds is 3. The normalized spacial score (nSPS) is 23.2. The monoisotopic (exact) mass is 300 g/mol. The van der Waals surface area contributed by atoms with Gasteiger partial charge in [-0.05, 0) is 38.7 Å². The number of nitrogens with zero attached hydrogens (tertiary/aromatic N) is 1. The molecule has 0 spiro atoms. The SMILES string of the molecule is Cc1cc(C)cc(C2(C(=O)N3CC[C@H](C(N)=O)C3)CCC2)c1. The van der Waals surface area contributed by atoms with Gasteiger partial charge >= 0.3 is 0 Å². The van der Waals surface area contributed by atoms with Crippen LogP contribution in [0.2, 0.25) is 0 Å². The van der Waals surface area contributed by atoms with E-state index < -0.39 is 0 Å². The molecule has 2 aliphatic rings. The molecule has 1 aromatic carbocycles. The molecule has 1 aliphatic carbocycles. The van der Waals surface area contributed by atoms with Crippen LogP contribution >= 0.6 is 0 Å². The molecule has 1 heterocycles. The quantitative estimate of drug-likeness (QED) is 0.928. The molecular weight excluding hydrogens is 276 g/mol. The van der Waals surface area contributed by atoms with Gasteiger partial charge < -0.3 is 10.6 Å². The third-order valence-electron chi connectivity index (χ3n) is 5.27. The van der Waals surface area contributed by atoms with Crippen molar-refractivity contribution in [2.75, 3.05) is 13.1 Å². The molecule has 1 aromatic rings. The minimum atomic E-state index is -0.372. The van der Waals surface area contributed by atoms with Crippen LogP contribution in [0.4, 0.5) is 0 Å². The molecule has 3 rings (SSSR count). The first-order valence-electron chi connectivity index (χ1n) is 8.10. The van der Waals surface area contributed by atoms with Gasteiger partial charge in [0.15, 0.2) is 0 Å². The third kappa shape index (κ3) is 2.40. The van der Waals surface area contributed by atoms with Gasteiger partial charge in [-0.2, -0.15) is 0 Å². The summed E-state index contributed by atoms with van der Waals surface area (Å²) in [4.78, 5) is 26.3. The number of amides is 2. The third-order valence-corrected chi connectivity index (χ3v) is 5.27. The number of nitrogens with two attached hydrogens (primary N) is 1. The molecule has 1 aliphatic heterocycles. The second kappa shape index (κ2) is 5.41. The van der Waals surface area contributed by atoms with Crippen LogP contribution in [0, 0.1) is 19.8 Å². The predicted molar refractivity (Wildman–Crippen MR) is 85.3 cm³/mol. The van der Waals surface area contributed by atoms with Gasteiger partial charge in [0.25, 0.3) is 0 Å². The molecule has 0 radical (unpaired) electrons. The van der Waals surface area contributed by atoms with E-state index in [0.29, 0.717) is 19.5 Å². The lowest BCUT2D eigenvalue weighted by Gasteiger charge is -2.43. The van der Waals surface area contributed by atoms with Crippen LogP contribution in [0.15, 0.2) is 18.2 Å². The van der Waals surface area contributed by atoms with Crippen LogP contribution in [0.1, 0.15) is 42.4 Å². The maximum Gasteiger partial charge on any atom is 0.233 e. The summed E-state index contributed by atoms with van der Waals surface area (Å²) in [6.07, 6.45) is 3.61. The number of carbonyl (C=O) groups excluding carboxylic acids is 2. The lowest BCUT2D eigenvalue weighted by atomic mass is 9.63. The highest BCUT2D eigenvalue weighted by Crippen LogP contribution is 2.46. The Balaban J connectivity index is 1.87. The molecule has 118 valence electrons. The zero-order valence-electron chi connectivity index (χ0n) is 13.4. The standard InChI is InChI=1S/C18H24N2O2/c1-12-8-13(2)10-15(9-12)18(5-3-6-18)17(22)20-7-4-14(11-20)16(19)21/h8-10,14H,3-7,11H2,1-2H3,(H2,19,21)/t14-/m0/s1. The molecule has 1 atom stereocenters. The molecular formula is C18H24N2O2. The summed E-state index contributed by atoms with van der Waals surface area (Å²) >= 11 is 0. The Morgan fingerprint density at radius 2 is 1.82 bits per heavy atom. The topological polar surface area (TPSA) is 63.4 Å². The van der Waals surface area contributed by atoms with Crippen molar-refractivity contribution in [1.29, 1.82) is 0 Å². The predicted octanol–water partition coefficient (Wildman–Crippen LogP) is 2.06. The molecule has 0 aromatic heterocycles. The summed E-state index contributed by atoms with van der Waals surface area (Å²) in [5.41, 5.74) is 8.56. The number of carbonyl (C=O) groups is 2. The molecule has 1 saturated carbocycles. The van der Waals surface area contributed by atoms with E-state index in [1.165, 1.54) is 11.1 Å². The first-order valence-corrected chi connectivity index (χ1v) is 8.10. The van der Waals surface area contributed by atoms with E-state index >= 15 is 0 Å². The van der Waals surface area contributed by atoms with Crippen LogP contribution in [0.25, 0.3) is 0 Å². The van der Waals surface area contributed by atoms with Crippen molar-refractivity contribution in [3.63, 3.8) is 0 Å². The fourth-order valence-corrected chi connectivity index (χ4v) is 3.89. The molecule has 0 bridgehead atoms. The molecule has 1 saturated heterocycles. The summed E-state index contributed by atoms with van der Waals surface area (Å²) in [6, 6.07) is 6.43. The van der Waals surface area contributed by atoms with E-state index in [-0.39, 0.29) is 23.1 Å². The van der Waals surface area contributed by atoms with Crippen LogP contribution < -0.4 is 5.73 Å². The minimum Gasteiger partial charge on any atom is -0.369 e. The second-order valence-electron chi connectivity index (χ2n) is 6.95. The van der Waals surface area contributed by atoms with Crippen molar-refractivity contribution in [2.24, 2.45) is 11.7 Å². The summed E-state index contributed by atoms with van der Waals surface area (Å²) in [5, 5.41) is 0. The van der Waals surface area contributed by atoms with E-state index in [1.807, 2.05) is 4.90 Å². The summed E-state index contributed by atoms with van der Waals surface area (Å²) < 4.78 is 0. The van der Waals surface area contributed by atoms with E-state index in [9.17, 15) is 9.59 Å². The van der Waals surface area contributed by atoms with E-state index in [4.69, 9.17) is 5.73 Å². The van der Waals surface area contributed by atoms with Crippen molar-refractivity contribution >= 4 is 11.8 Å². The first kappa shape index (κ1) is 15.1. The van der Waals surface area contributed by atoms with Crippen LogP contribution in [0.3, 0.4) is 0 Å². The largest absolute Gasteiger partial charge is 0.369 e. The maximum atomic E-state index is 13.1. The van der Waals surface area contributed by atoms with Gasteiger partial charge in [-0.25, -0.2) is 0 Å². The Hall–Kier alpha value is -1.84. The lowest BCUT2D eigenvalue weighted by molar-refractivity contribution is -0.140. The molecule has 22 heavy (non-hydrogen) atoms. The lowest BCUT2D eigenvalue weighted by Crippen LogP contribution is -2.50. The number of likely N-dealkylation sites (tertiary alicyclic amines) is 1. The molecule has 4 heteroatoms. The second-order valence-corrected chi connectivity index (χ2v) is 6.95. The fourth-order valence-electron chi connectivity index (χ4n) is 3.89. The number of benzene rings is 1. The zero-order valence-corrected chi connectivity index (χ0v) is 13.4. The minimum absolute atomic E-state index is 0.180. The smallest absolute Gasteiger partial charge is 0.233 e. The van der Waals surface area contributed by atoms with Gasteiger partial charge in [-0.3, -0.25) is 9.59 Å². The van der Waals surface area contributed by atoms with Gasteiger partial charge in [0.1, 0.15) is 0 Å². The number of hydrogen-bond donors (Lipinski definition) is 1. The summed E-state index contributed by atoms with van der Waals surface area (Å²) in [5.74, 6) is -0.280. The first-order chi connectivity index (χ1) is 10.4. The average Bonchev–Trinajstić information content (AvgIpc) is 2.85. The summed E-state index contributed by atoms with van der Waals surface area (Å²) in [6.45, 7) is 5.29. The number of primary amides is 1. The van der Waals surface area contributed by atoms with Crippen LogP contribution in [-0.4, -0.2) is 29.8 Å². The molecule has 2 fully saturated rings. The number of aryl methyl sites for hydroxylation is 2. The highest BCUT2D eigenvalue weighted by atomic mass is 16.2. The Morgan fingerprint density at radius 1 is 1.18 bits per heavy atom. The fraction of sp³-hybridized carbons (Fsp3) is 0.556. The highest BCUT2D eigenvalue weighted by molar-refractivity contribution is 5.90. The summed E-state index contributed by atoms with van der Waals surface area (Å²) in [7, 11) is 0. The average molecular weight is 300 g/mol. The molecule has 2 N–H and O–H groups in total. The Labute approximate surface area is 131 Å². The Bertz CT molecular complexity index is 599. The van der Waals surface area contributed by atoms with Crippen LogP contribution in [-0.2, 0) is 15.0 Å². The van der Waals surface area contributed by atoms with E-state index in [1.54, 1.807) is 0 Å². The Kier molecular flexibility index (Phi) is 3.71. The van der Waals surface area contributed by atoms with Crippen molar-refractivity contribution in [3.05, 3.63) is 34.9 Å². The van der Waals surface area contributed by atoms with Crippen LogP contribution in [0.5, 0.6) is 0 Å². The zero-order chi connectivity index (χ0) is 15.9. The van der Waals surface area contributed by atoms with Crippen molar-refractivity contribution in [3.8, 4) is 0 Å². The van der Waals surface area contributed by atoms with Crippen molar-refractivity contribution in [2.45, 2.75) is 44.9 Å². The molecule has 0 unspecified atom stereocenters. The van der Waals surface area contributed by atoms with Gasteiger partial charge in [0, 0.05) is 13.1 Å². The van der Waals surface area contributed by atoms with Gasteiger partial charge in [-0.1, -0.05) is 35.7 Å². The van der Waals surface area contributed by atoms with E-state index in [0.717, 1.165) is 24.8 Å². The van der Waals surface area contributed by atoms with Crippen molar-refractivity contribution < 1.29 is 9.59 Å². The number of hydrogen-bond acceptors (Lipinski definition) is 2. The Morgan fingerprint density at radius 3 is 2.27 bits per heavy atom. The highest BCUT2D eigenvalue weighted by Gasteiger charge is 2.49. The van der Waals surface area contributed by atoms with Gasteiger partial charge in [0.05, 0.1) is 11.3 Å². The molecule has 4 nitrogen and oxygen atoms in total.